The standard InChI is InChI=1S/C23H24N4O3/c1-17(18-5-3-2-4-6-18)27-21(11-12-24-27)25-22(28)19-7-9-20(10-8-19)23(29)26-13-15-30-16-14-26/h2-12,17H,13-16H2,1H3,(H,25,28). The third-order valence-electron chi connectivity index (χ3n) is 5.25. The summed E-state index contributed by atoms with van der Waals surface area (Å²) >= 11 is 0. The maximum atomic E-state index is 12.7. The van der Waals surface area contributed by atoms with E-state index in [4.69, 9.17) is 4.74 Å². The molecule has 4 rings (SSSR count). The van der Waals surface area contributed by atoms with Gasteiger partial charge in [0.15, 0.2) is 0 Å². The van der Waals surface area contributed by atoms with Gasteiger partial charge in [-0.3, -0.25) is 9.59 Å². The number of carbonyl (C=O) groups excluding carboxylic acids is 2. The molecule has 2 heterocycles. The van der Waals surface area contributed by atoms with Crippen molar-refractivity contribution in [1.29, 1.82) is 0 Å². The van der Waals surface area contributed by atoms with Crippen LogP contribution in [0, 0.1) is 0 Å². The number of hydrogen-bond donors (Lipinski definition) is 1. The van der Waals surface area contributed by atoms with Crippen molar-refractivity contribution >= 4 is 17.6 Å². The first-order chi connectivity index (χ1) is 14.6. The van der Waals surface area contributed by atoms with Crippen LogP contribution in [-0.2, 0) is 4.74 Å². The van der Waals surface area contributed by atoms with Crippen LogP contribution in [0.1, 0.15) is 39.2 Å². The lowest BCUT2D eigenvalue weighted by atomic mass is 10.1. The summed E-state index contributed by atoms with van der Waals surface area (Å²) in [5.74, 6) is 0.326. The van der Waals surface area contributed by atoms with Gasteiger partial charge in [-0.2, -0.15) is 5.10 Å². The Kier molecular flexibility index (Phi) is 5.90. The maximum Gasteiger partial charge on any atom is 0.256 e. The molecule has 3 aromatic rings. The lowest BCUT2D eigenvalue weighted by Crippen LogP contribution is -2.40. The highest BCUT2D eigenvalue weighted by molar-refractivity contribution is 6.04. The molecular formula is C23H24N4O3. The molecule has 0 saturated carbocycles. The smallest absolute Gasteiger partial charge is 0.256 e. The molecule has 1 unspecified atom stereocenters. The van der Waals surface area contributed by atoms with Gasteiger partial charge in [-0.15, -0.1) is 0 Å². The zero-order valence-corrected chi connectivity index (χ0v) is 16.8. The highest BCUT2D eigenvalue weighted by atomic mass is 16.5. The molecule has 2 aromatic carbocycles. The molecule has 1 aliphatic heterocycles. The van der Waals surface area contributed by atoms with Crippen LogP contribution in [0.2, 0.25) is 0 Å². The van der Waals surface area contributed by atoms with Crippen molar-refractivity contribution in [1.82, 2.24) is 14.7 Å². The largest absolute Gasteiger partial charge is 0.378 e. The van der Waals surface area contributed by atoms with E-state index in [9.17, 15) is 9.59 Å². The number of benzene rings is 2. The number of carbonyl (C=O) groups is 2. The van der Waals surface area contributed by atoms with E-state index in [-0.39, 0.29) is 17.9 Å². The fourth-order valence-electron chi connectivity index (χ4n) is 3.50. The molecule has 1 aliphatic rings. The van der Waals surface area contributed by atoms with E-state index in [1.165, 1.54) is 0 Å². The quantitative estimate of drug-likeness (QED) is 0.708. The number of anilines is 1. The van der Waals surface area contributed by atoms with Gasteiger partial charge in [-0.1, -0.05) is 30.3 Å². The summed E-state index contributed by atoms with van der Waals surface area (Å²) in [6, 6.07) is 18.5. The average molecular weight is 404 g/mol. The molecule has 0 spiro atoms. The number of nitrogens with one attached hydrogen (secondary N) is 1. The van der Waals surface area contributed by atoms with Crippen molar-refractivity contribution in [2.45, 2.75) is 13.0 Å². The fourth-order valence-corrected chi connectivity index (χ4v) is 3.50. The Morgan fingerprint density at radius 3 is 2.33 bits per heavy atom. The number of amides is 2. The van der Waals surface area contributed by atoms with E-state index >= 15 is 0 Å². The number of nitrogens with zero attached hydrogens (tertiary/aromatic N) is 3. The second kappa shape index (κ2) is 8.92. The van der Waals surface area contributed by atoms with E-state index in [2.05, 4.69) is 10.4 Å². The van der Waals surface area contributed by atoms with Crippen LogP contribution in [0.3, 0.4) is 0 Å². The van der Waals surface area contributed by atoms with Crippen LogP contribution >= 0.6 is 0 Å². The molecule has 0 bridgehead atoms. The van der Waals surface area contributed by atoms with E-state index in [0.29, 0.717) is 43.2 Å². The molecule has 1 saturated heterocycles. The van der Waals surface area contributed by atoms with Gasteiger partial charge in [0.25, 0.3) is 11.8 Å². The third kappa shape index (κ3) is 4.26. The Bertz CT molecular complexity index is 1010. The van der Waals surface area contributed by atoms with Crippen LogP contribution < -0.4 is 5.32 Å². The number of morpholine rings is 1. The SMILES string of the molecule is CC(c1ccccc1)n1nccc1NC(=O)c1ccc(C(=O)N2CCOCC2)cc1. The summed E-state index contributed by atoms with van der Waals surface area (Å²) in [5, 5.41) is 7.29. The van der Waals surface area contributed by atoms with Crippen molar-refractivity contribution in [3.05, 3.63) is 83.6 Å². The third-order valence-corrected chi connectivity index (χ3v) is 5.25. The van der Waals surface area contributed by atoms with Crippen molar-refractivity contribution in [2.24, 2.45) is 0 Å². The molecule has 0 aliphatic carbocycles. The van der Waals surface area contributed by atoms with Gasteiger partial charge in [-0.05, 0) is 36.8 Å². The lowest BCUT2D eigenvalue weighted by molar-refractivity contribution is 0.0303. The number of aromatic nitrogens is 2. The molecule has 1 atom stereocenters. The first-order valence-corrected chi connectivity index (χ1v) is 10.0. The molecular weight excluding hydrogens is 380 g/mol. The molecule has 1 fully saturated rings. The Hall–Kier alpha value is -3.45. The lowest BCUT2D eigenvalue weighted by Gasteiger charge is -2.26. The first kappa shape index (κ1) is 19.8. The minimum atomic E-state index is -0.248. The highest BCUT2D eigenvalue weighted by Crippen LogP contribution is 2.22. The second-order valence-electron chi connectivity index (χ2n) is 7.18. The molecule has 1 aromatic heterocycles. The van der Waals surface area contributed by atoms with Crippen LogP contribution in [0.25, 0.3) is 0 Å². The molecule has 7 heteroatoms. The van der Waals surface area contributed by atoms with Gasteiger partial charge in [-0.25, -0.2) is 4.68 Å². The van der Waals surface area contributed by atoms with Gasteiger partial charge < -0.3 is 15.0 Å². The van der Waals surface area contributed by atoms with Crippen LogP contribution in [-0.4, -0.2) is 52.8 Å². The summed E-state index contributed by atoms with van der Waals surface area (Å²) in [7, 11) is 0. The number of ether oxygens (including phenoxy) is 1. The van der Waals surface area contributed by atoms with Gasteiger partial charge >= 0.3 is 0 Å². The van der Waals surface area contributed by atoms with Crippen LogP contribution in [0.15, 0.2) is 66.9 Å². The molecule has 30 heavy (non-hydrogen) atoms. The summed E-state index contributed by atoms with van der Waals surface area (Å²) < 4.78 is 7.07. The molecule has 7 nitrogen and oxygen atoms in total. The Morgan fingerprint density at radius 1 is 0.967 bits per heavy atom. The van der Waals surface area contributed by atoms with E-state index in [1.54, 1.807) is 46.1 Å². The summed E-state index contributed by atoms with van der Waals surface area (Å²) in [6.07, 6.45) is 1.67. The fraction of sp³-hybridized carbons (Fsp3) is 0.261. The maximum absolute atomic E-state index is 12.7. The summed E-state index contributed by atoms with van der Waals surface area (Å²) in [5.41, 5.74) is 2.15. The van der Waals surface area contributed by atoms with Crippen molar-refractivity contribution in [2.75, 3.05) is 31.6 Å². The topological polar surface area (TPSA) is 76.5 Å². The molecule has 2 amide bonds. The van der Waals surface area contributed by atoms with Gasteiger partial charge in [0, 0.05) is 30.3 Å². The van der Waals surface area contributed by atoms with Crippen LogP contribution in [0.4, 0.5) is 5.82 Å². The highest BCUT2D eigenvalue weighted by Gasteiger charge is 2.19. The van der Waals surface area contributed by atoms with Crippen molar-refractivity contribution < 1.29 is 14.3 Å². The van der Waals surface area contributed by atoms with E-state index in [1.807, 2.05) is 37.3 Å². The van der Waals surface area contributed by atoms with Crippen molar-refractivity contribution in [3.8, 4) is 0 Å². The van der Waals surface area contributed by atoms with Gasteiger partial charge in [0.1, 0.15) is 5.82 Å². The van der Waals surface area contributed by atoms with Crippen LogP contribution in [0.5, 0.6) is 0 Å². The predicted octanol–water partition coefficient (Wildman–Crippen LogP) is 3.22. The zero-order valence-electron chi connectivity index (χ0n) is 16.8. The van der Waals surface area contributed by atoms with E-state index < -0.39 is 0 Å². The first-order valence-electron chi connectivity index (χ1n) is 10.0. The van der Waals surface area contributed by atoms with Crippen molar-refractivity contribution in [3.63, 3.8) is 0 Å². The monoisotopic (exact) mass is 404 g/mol. The normalized spacial score (nSPS) is 14.9. The summed E-state index contributed by atoms with van der Waals surface area (Å²) in [4.78, 5) is 27.1. The minimum absolute atomic E-state index is 0.0231. The summed E-state index contributed by atoms with van der Waals surface area (Å²) in [6.45, 7) is 4.32. The Labute approximate surface area is 175 Å². The average Bonchev–Trinajstić information content (AvgIpc) is 3.27. The van der Waals surface area contributed by atoms with Gasteiger partial charge in [0.2, 0.25) is 0 Å². The minimum Gasteiger partial charge on any atom is -0.378 e. The Morgan fingerprint density at radius 2 is 1.63 bits per heavy atom. The number of hydrogen-bond acceptors (Lipinski definition) is 4. The Balaban J connectivity index is 1.45. The molecule has 154 valence electrons. The number of rotatable bonds is 5. The zero-order chi connectivity index (χ0) is 20.9. The van der Waals surface area contributed by atoms with Gasteiger partial charge in [0.05, 0.1) is 25.5 Å². The molecule has 0 radical (unpaired) electrons. The molecule has 1 N–H and O–H groups in total. The second-order valence-corrected chi connectivity index (χ2v) is 7.18. The predicted molar refractivity (Wildman–Crippen MR) is 114 cm³/mol. The van der Waals surface area contributed by atoms with E-state index in [0.717, 1.165) is 5.56 Å².